The van der Waals surface area contributed by atoms with Crippen LogP contribution in [0.1, 0.15) is 33.6 Å². The van der Waals surface area contributed by atoms with Crippen molar-refractivity contribution in [1.82, 2.24) is 0 Å². The topological polar surface area (TPSA) is 18.5 Å². The largest absolute Gasteiger partial charge is 0.437 e. The first kappa shape index (κ1) is 18.5. The smallest absolute Gasteiger partial charge is 0.346 e. The van der Waals surface area contributed by atoms with Gasteiger partial charge in [0.25, 0.3) is 0 Å². The molecule has 0 aromatic carbocycles. The minimum atomic E-state index is -6.21. The van der Waals surface area contributed by atoms with E-state index in [4.69, 9.17) is 4.74 Å². The van der Waals surface area contributed by atoms with Crippen LogP contribution < -0.4 is 0 Å². The second kappa shape index (κ2) is 5.57. The van der Waals surface area contributed by atoms with Gasteiger partial charge in [-0.1, -0.05) is 13.8 Å². The third kappa shape index (κ3) is 2.86. The van der Waals surface area contributed by atoms with Gasteiger partial charge in [-0.3, -0.25) is 0 Å². The fourth-order valence-corrected chi connectivity index (χ4v) is 2.33. The zero-order valence-corrected chi connectivity index (χ0v) is 11.7. The van der Waals surface area contributed by atoms with Crippen molar-refractivity contribution >= 4 is 0 Å². The maximum Gasteiger partial charge on any atom is 0.437 e. The molecule has 3 unspecified atom stereocenters. The lowest BCUT2D eigenvalue weighted by molar-refractivity contribution is -0.436. The van der Waals surface area contributed by atoms with E-state index in [0.29, 0.717) is 0 Å². The molecule has 21 heavy (non-hydrogen) atoms. The van der Waals surface area contributed by atoms with Crippen molar-refractivity contribution in [3.05, 3.63) is 0 Å². The quantitative estimate of drug-likeness (QED) is 0.714. The number of halogens is 7. The normalized spacial score (nSPS) is 31.7. The van der Waals surface area contributed by atoms with E-state index in [0.717, 1.165) is 0 Å². The van der Waals surface area contributed by atoms with Gasteiger partial charge in [-0.05, 0) is 19.3 Å². The van der Waals surface area contributed by atoms with E-state index in [1.807, 2.05) is 0 Å². The summed E-state index contributed by atoms with van der Waals surface area (Å²) in [5.74, 6) is -4.11. The summed E-state index contributed by atoms with van der Waals surface area (Å²) in [6, 6.07) is 0. The van der Waals surface area contributed by atoms with Crippen molar-refractivity contribution in [2.45, 2.75) is 63.5 Å². The molecule has 0 aromatic heterocycles. The summed E-state index contributed by atoms with van der Waals surface area (Å²) >= 11 is 0. The molecule has 0 radical (unpaired) electrons. The Kier molecular flexibility index (Phi) is 4.90. The fraction of sp³-hybridized carbons (Fsp3) is 1.00. The molecular formula is C12H17F7O2. The van der Waals surface area contributed by atoms with E-state index < -0.39 is 48.9 Å². The van der Waals surface area contributed by atoms with Crippen LogP contribution in [-0.2, 0) is 9.47 Å². The van der Waals surface area contributed by atoms with Gasteiger partial charge in [0.15, 0.2) is 0 Å². The standard InChI is InChI=1S/C12H17F7O2/c1-4-5-20-9(6-7(2)8(3)21-9)10(13,11(14,15)16)12(17,18)19/h7-8H,4-6H2,1-3H3. The number of hydrogen-bond acceptors (Lipinski definition) is 2. The maximum atomic E-state index is 14.3. The van der Waals surface area contributed by atoms with Gasteiger partial charge in [0, 0.05) is 13.0 Å². The molecule has 0 aliphatic carbocycles. The van der Waals surface area contributed by atoms with E-state index in [-0.39, 0.29) is 6.42 Å². The highest BCUT2D eigenvalue weighted by Gasteiger charge is 2.84. The van der Waals surface area contributed by atoms with Crippen LogP contribution in [0.3, 0.4) is 0 Å². The lowest BCUT2D eigenvalue weighted by Crippen LogP contribution is -2.69. The minimum absolute atomic E-state index is 0.125. The summed E-state index contributed by atoms with van der Waals surface area (Å²) in [4.78, 5) is 0. The molecule has 2 nitrogen and oxygen atoms in total. The van der Waals surface area contributed by atoms with Gasteiger partial charge < -0.3 is 9.47 Å². The molecule has 1 fully saturated rings. The first-order valence-electron chi connectivity index (χ1n) is 6.46. The molecule has 0 amide bonds. The summed E-state index contributed by atoms with van der Waals surface area (Å²) in [6.07, 6.45) is -14.1. The second-order valence-electron chi connectivity index (χ2n) is 5.26. The average molecular weight is 326 g/mol. The Morgan fingerprint density at radius 2 is 1.52 bits per heavy atom. The van der Waals surface area contributed by atoms with Crippen LogP contribution >= 0.6 is 0 Å². The first-order valence-corrected chi connectivity index (χ1v) is 6.46. The summed E-state index contributed by atoms with van der Waals surface area (Å²) in [5, 5.41) is 0. The van der Waals surface area contributed by atoms with Crippen LogP contribution in [0.4, 0.5) is 30.7 Å². The molecule has 1 aliphatic heterocycles. The molecule has 0 bridgehead atoms. The Hall–Kier alpha value is -0.570. The summed E-state index contributed by atoms with van der Waals surface area (Å²) in [7, 11) is 0. The zero-order valence-electron chi connectivity index (χ0n) is 11.7. The van der Waals surface area contributed by atoms with Crippen molar-refractivity contribution < 1.29 is 40.2 Å². The van der Waals surface area contributed by atoms with Crippen LogP contribution in [0.15, 0.2) is 0 Å². The highest BCUT2D eigenvalue weighted by atomic mass is 19.4. The third-order valence-electron chi connectivity index (χ3n) is 3.61. The third-order valence-corrected chi connectivity index (χ3v) is 3.61. The molecule has 0 spiro atoms. The molecule has 3 atom stereocenters. The molecule has 1 aliphatic rings. The van der Waals surface area contributed by atoms with Gasteiger partial charge in [0.2, 0.25) is 5.79 Å². The summed E-state index contributed by atoms with van der Waals surface area (Å²) in [5.41, 5.74) is -5.58. The Morgan fingerprint density at radius 3 is 1.81 bits per heavy atom. The number of ether oxygens (including phenoxy) is 2. The van der Waals surface area contributed by atoms with Crippen molar-refractivity contribution in [2.75, 3.05) is 6.61 Å². The Labute approximate surface area is 117 Å². The van der Waals surface area contributed by atoms with Gasteiger partial charge in [-0.25, -0.2) is 4.39 Å². The molecular weight excluding hydrogens is 309 g/mol. The van der Waals surface area contributed by atoms with Crippen LogP contribution in [0.25, 0.3) is 0 Å². The number of hydrogen-bond donors (Lipinski definition) is 0. The van der Waals surface area contributed by atoms with Gasteiger partial charge in [0.1, 0.15) is 0 Å². The Balaban J connectivity index is 3.40. The summed E-state index contributed by atoms with van der Waals surface area (Å²) in [6.45, 7) is 3.68. The highest BCUT2D eigenvalue weighted by molar-refractivity contribution is 5.09. The number of rotatable bonds is 4. The van der Waals surface area contributed by atoms with Crippen LogP contribution in [-0.4, -0.2) is 36.5 Å². The van der Waals surface area contributed by atoms with E-state index in [9.17, 15) is 30.7 Å². The van der Waals surface area contributed by atoms with Crippen molar-refractivity contribution in [2.24, 2.45) is 5.92 Å². The summed E-state index contributed by atoms with van der Waals surface area (Å²) < 4.78 is 101. The fourth-order valence-electron chi connectivity index (χ4n) is 2.33. The molecule has 0 saturated carbocycles. The highest BCUT2D eigenvalue weighted by Crippen LogP contribution is 2.58. The minimum Gasteiger partial charge on any atom is -0.346 e. The van der Waals surface area contributed by atoms with E-state index in [1.54, 1.807) is 0 Å². The molecule has 9 heteroatoms. The predicted molar refractivity (Wildman–Crippen MR) is 59.3 cm³/mol. The van der Waals surface area contributed by atoms with Crippen LogP contribution in [0.2, 0.25) is 0 Å². The molecule has 0 aromatic rings. The van der Waals surface area contributed by atoms with Crippen LogP contribution in [0, 0.1) is 5.92 Å². The van der Waals surface area contributed by atoms with E-state index >= 15 is 0 Å². The molecule has 1 rings (SSSR count). The van der Waals surface area contributed by atoms with Gasteiger partial charge in [0.05, 0.1) is 6.10 Å². The molecule has 0 N–H and O–H groups in total. The van der Waals surface area contributed by atoms with Crippen molar-refractivity contribution in [3.63, 3.8) is 0 Å². The van der Waals surface area contributed by atoms with E-state index in [1.165, 1.54) is 20.8 Å². The van der Waals surface area contributed by atoms with Crippen molar-refractivity contribution in [3.8, 4) is 0 Å². The Bertz CT molecular complexity index is 340. The number of alkyl halides is 7. The average Bonchev–Trinajstić information content (AvgIpc) is 2.59. The maximum absolute atomic E-state index is 14.3. The van der Waals surface area contributed by atoms with Gasteiger partial charge in [-0.2, -0.15) is 26.3 Å². The van der Waals surface area contributed by atoms with Gasteiger partial charge in [-0.15, -0.1) is 0 Å². The van der Waals surface area contributed by atoms with E-state index in [2.05, 4.69) is 4.74 Å². The lowest BCUT2D eigenvalue weighted by atomic mass is 9.87. The molecule has 126 valence electrons. The van der Waals surface area contributed by atoms with Gasteiger partial charge >= 0.3 is 18.0 Å². The first-order chi connectivity index (χ1) is 9.32. The lowest BCUT2D eigenvalue weighted by Gasteiger charge is -2.43. The van der Waals surface area contributed by atoms with Crippen molar-refractivity contribution in [1.29, 1.82) is 0 Å². The zero-order chi connectivity index (χ0) is 16.7. The SMILES string of the molecule is CCCOC1(C(F)(C(F)(F)F)C(F)(F)F)CC(C)C(C)O1. The van der Waals surface area contributed by atoms with Crippen LogP contribution in [0.5, 0.6) is 0 Å². The molecule has 1 saturated heterocycles. The Morgan fingerprint density at radius 1 is 1.05 bits per heavy atom. The predicted octanol–water partition coefficient (Wildman–Crippen LogP) is 4.39. The molecule has 1 heterocycles. The second-order valence-corrected chi connectivity index (χ2v) is 5.26. The monoisotopic (exact) mass is 326 g/mol.